The van der Waals surface area contributed by atoms with E-state index in [0.29, 0.717) is 5.75 Å². The van der Waals surface area contributed by atoms with E-state index in [9.17, 15) is 5.11 Å². The summed E-state index contributed by atoms with van der Waals surface area (Å²) in [7, 11) is 1.92. The number of anilines is 1. The van der Waals surface area contributed by atoms with Gasteiger partial charge in [-0.15, -0.1) is 0 Å². The molecule has 0 amide bonds. The number of benzene rings is 1. The third-order valence-corrected chi connectivity index (χ3v) is 3.08. The van der Waals surface area contributed by atoms with Gasteiger partial charge < -0.3 is 20.1 Å². The minimum atomic E-state index is 0.386. The van der Waals surface area contributed by atoms with Crippen molar-refractivity contribution in [2.24, 2.45) is 0 Å². The van der Waals surface area contributed by atoms with Gasteiger partial charge in [-0.3, -0.25) is 0 Å². The number of ether oxygens (including phenoxy) is 1. The number of phenolic OH excluding ortho intramolecular Hbond substituents is 1. The molecule has 1 aromatic carbocycles. The first kappa shape index (κ1) is 12.2. The first-order valence-corrected chi connectivity index (χ1v) is 6.10. The maximum absolute atomic E-state index is 9.79. The van der Waals surface area contributed by atoms with E-state index in [4.69, 9.17) is 4.74 Å². The molecule has 17 heavy (non-hydrogen) atoms. The van der Waals surface area contributed by atoms with Crippen molar-refractivity contribution in [2.75, 3.05) is 44.8 Å². The van der Waals surface area contributed by atoms with Gasteiger partial charge in [0.05, 0.1) is 13.2 Å². The number of hydrogen-bond donors (Lipinski definition) is 2. The standard InChI is InChI=1S/C13H20N2O2/c1-14-5-4-11-10-12(2-3-13(11)16)15-6-8-17-9-7-15/h2-3,10,14,16H,4-9H2,1H3. The van der Waals surface area contributed by atoms with Gasteiger partial charge in [-0.05, 0) is 43.8 Å². The fraction of sp³-hybridized carbons (Fsp3) is 0.538. The van der Waals surface area contributed by atoms with E-state index in [1.165, 1.54) is 5.69 Å². The molecule has 1 aromatic rings. The first-order chi connectivity index (χ1) is 8.31. The zero-order valence-electron chi connectivity index (χ0n) is 10.3. The minimum absolute atomic E-state index is 0.386. The quantitative estimate of drug-likeness (QED) is 0.818. The Hall–Kier alpha value is -1.26. The summed E-state index contributed by atoms with van der Waals surface area (Å²) in [5.74, 6) is 0.386. The molecule has 0 unspecified atom stereocenters. The third kappa shape index (κ3) is 3.11. The number of hydrogen-bond acceptors (Lipinski definition) is 4. The van der Waals surface area contributed by atoms with Crippen LogP contribution in [0.4, 0.5) is 5.69 Å². The number of nitrogens with zero attached hydrogens (tertiary/aromatic N) is 1. The summed E-state index contributed by atoms with van der Waals surface area (Å²) >= 11 is 0. The van der Waals surface area contributed by atoms with Crippen LogP contribution in [0.1, 0.15) is 5.56 Å². The van der Waals surface area contributed by atoms with Gasteiger partial charge in [0, 0.05) is 18.8 Å². The Kier molecular flexibility index (Phi) is 4.23. The van der Waals surface area contributed by atoms with Crippen LogP contribution in [0.25, 0.3) is 0 Å². The highest BCUT2D eigenvalue weighted by Crippen LogP contribution is 2.25. The van der Waals surface area contributed by atoms with Crippen molar-refractivity contribution in [2.45, 2.75) is 6.42 Å². The van der Waals surface area contributed by atoms with Gasteiger partial charge in [0.2, 0.25) is 0 Å². The molecule has 0 spiro atoms. The Morgan fingerprint density at radius 3 is 2.82 bits per heavy atom. The zero-order chi connectivity index (χ0) is 12.1. The molecule has 2 rings (SSSR count). The lowest BCUT2D eigenvalue weighted by molar-refractivity contribution is 0.122. The van der Waals surface area contributed by atoms with Crippen molar-refractivity contribution in [3.63, 3.8) is 0 Å². The van der Waals surface area contributed by atoms with Gasteiger partial charge in [0.1, 0.15) is 5.75 Å². The van der Waals surface area contributed by atoms with Crippen molar-refractivity contribution in [1.82, 2.24) is 5.32 Å². The van der Waals surface area contributed by atoms with Crippen molar-refractivity contribution < 1.29 is 9.84 Å². The molecule has 1 fully saturated rings. The predicted octanol–water partition coefficient (Wildman–Crippen LogP) is 0.991. The molecule has 0 aromatic heterocycles. The lowest BCUT2D eigenvalue weighted by Crippen LogP contribution is -2.36. The van der Waals surface area contributed by atoms with Crippen LogP contribution in [-0.4, -0.2) is 45.0 Å². The highest BCUT2D eigenvalue weighted by Gasteiger charge is 2.12. The molecule has 2 N–H and O–H groups in total. The maximum atomic E-state index is 9.79. The van der Waals surface area contributed by atoms with Gasteiger partial charge in [0.15, 0.2) is 0 Å². The van der Waals surface area contributed by atoms with Crippen molar-refractivity contribution in [3.05, 3.63) is 23.8 Å². The van der Waals surface area contributed by atoms with Crippen molar-refractivity contribution in [3.8, 4) is 5.75 Å². The fourth-order valence-electron chi connectivity index (χ4n) is 2.05. The highest BCUT2D eigenvalue weighted by molar-refractivity contribution is 5.53. The Morgan fingerprint density at radius 1 is 1.35 bits per heavy atom. The molecule has 1 saturated heterocycles. The van der Waals surface area contributed by atoms with Crippen molar-refractivity contribution in [1.29, 1.82) is 0 Å². The Morgan fingerprint density at radius 2 is 2.12 bits per heavy atom. The van der Waals surface area contributed by atoms with E-state index < -0.39 is 0 Å². The SMILES string of the molecule is CNCCc1cc(N2CCOCC2)ccc1O. The summed E-state index contributed by atoms with van der Waals surface area (Å²) in [5.41, 5.74) is 2.18. The van der Waals surface area contributed by atoms with E-state index in [0.717, 1.165) is 44.8 Å². The summed E-state index contributed by atoms with van der Waals surface area (Å²) in [6.07, 6.45) is 0.848. The largest absolute Gasteiger partial charge is 0.508 e. The molecule has 0 bridgehead atoms. The normalized spacial score (nSPS) is 16.2. The van der Waals surface area contributed by atoms with E-state index in [2.05, 4.69) is 16.3 Å². The van der Waals surface area contributed by atoms with Crippen LogP contribution in [0.2, 0.25) is 0 Å². The molecular formula is C13H20N2O2. The van der Waals surface area contributed by atoms with Crippen LogP contribution < -0.4 is 10.2 Å². The Bertz CT molecular complexity index is 362. The molecule has 94 valence electrons. The van der Waals surface area contributed by atoms with Crippen molar-refractivity contribution >= 4 is 5.69 Å². The lowest BCUT2D eigenvalue weighted by Gasteiger charge is -2.29. The second kappa shape index (κ2) is 5.89. The van der Waals surface area contributed by atoms with Crippen LogP contribution in [0.5, 0.6) is 5.75 Å². The molecule has 0 atom stereocenters. The van der Waals surface area contributed by atoms with Gasteiger partial charge >= 0.3 is 0 Å². The summed E-state index contributed by atoms with van der Waals surface area (Å²) in [6, 6.07) is 5.84. The van der Waals surface area contributed by atoms with Crippen LogP contribution in [0.15, 0.2) is 18.2 Å². The summed E-state index contributed by atoms with van der Waals surface area (Å²) in [6.45, 7) is 4.30. The average Bonchev–Trinajstić information content (AvgIpc) is 2.39. The summed E-state index contributed by atoms with van der Waals surface area (Å²) in [5, 5.41) is 12.9. The van der Waals surface area contributed by atoms with E-state index in [1.54, 1.807) is 6.07 Å². The third-order valence-electron chi connectivity index (χ3n) is 3.08. The molecule has 4 heteroatoms. The van der Waals surface area contributed by atoms with Crippen LogP contribution in [0, 0.1) is 0 Å². The number of phenols is 1. The van der Waals surface area contributed by atoms with E-state index >= 15 is 0 Å². The molecule has 0 saturated carbocycles. The second-order valence-electron chi connectivity index (χ2n) is 4.27. The number of morpholine rings is 1. The van der Waals surface area contributed by atoms with E-state index in [-0.39, 0.29) is 0 Å². The molecule has 0 radical (unpaired) electrons. The van der Waals surface area contributed by atoms with Crippen LogP contribution in [-0.2, 0) is 11.2 Å². The minimum Gasteiger partial charge on any atom is -0.508 e. The molecule has 4 nitrogen and oxygen atoms in total. The first-order valence-electron chi connectivity index (χ1n) is 6.10. The monoisotopic (exact) mass is 236 g/mol. The smallest absolute Gasteiger partial charge is 0.118 e. The summed E-state index contributed by atoms with van der Waals surface area (Å²) < 4.78 is 5.34. The van der Waals surface area contributed by atoms with Gasteiger partial charge in [-0.2, -0.15) is 0 Å². The topological polar surface area (TPSA) is 44.7 Å². The molecule has 0 aliphatic carbocycles. The Labute approximate surface area is 102 Å². The number of nitrogens with one attached hydrogen (secondary N) is 1. The summed E-state index contributed by atoms with van der Waals surface area (Å²) in [4.78, 5) is 2.30. The molecule has 1 heterocycles. The average molecular weight is 236 g/mol. The highest BCUT2D eigenvalue weighted by atomic mass is 16.5. The Balaban J connectivity index is 2.11. The van der Waals surface area contributed by atoms with Crippen LogP contribution >= 0.6 is 0 Å². The zero-order valence-corrected chi connectivity index (χ0v) is 10.3. The number of rotatable bonds is 4. The van der Waals surface area contributed by atoms with Crippen LogP contribution in [0.3, 0.4) is 0 Å². The van der Waals surface area contributed by atoms with E-state index in [1.807, 2.05) is 13.1 Å². The van der Waals surface area contributed by atoms with Gasteiger partial charge in [-0.25, -0.2) is 0 Å². The second-order valence-corrected chi connectivity index (χ2v) is 4.27. The number of likely N-dealkylation sites (N-methyl/N-ethyl adjacent to an activating group) is 1. The lowest BCUT2D eigenvalue weighted by atomic mass is 10.1. The predicted molar refractivity (Wildman–Crippen MR) is 68.8 cm³/mol. The van der Waals surface area contributed by atoms with Gasteiger partial charge in [0.25, 0.3) is 0 Å². The molecular weight excluding hydrogens is 216 g/mol. The molecule has 1 aliphatic heterocycles. The molecule has 1 aliphatic rings. The fourth-order valence-corrected chi connectivity index (χ4v) is 2.05. The number of aromatic hydroxyl groups is 1. The van der Waals surface area contributed by atoms with Gasteiger partial charge in [-0.1, -0.05) is 0 Å². The maximum Gasteiger partial charge on any atom is 0.118 e.